The quantitative estimate of drug-likeness (QED) is 0.787. The minimum Gasteiger partial charge on any atom is -0.331 e. The molecule has 4 nitrogen and oxygen atoms in total. The molecule has 1 heterocycles. The molecule has 1 amide bonds. The van der Waals surface area contributed by atoms with Gasteiger partial charge in [-0.05, 0) is 12.8 Å². The van der Waals surface area contributed by atoms with E-state index < -0.39 is 0 Å². The summed E-state index contributed by atoms with van der Waals surface area (Å²) in [4.78, 5) is 18.2. The Bertz CT molecular complexity index is 398. The molecule has 0 aromatic carbocycles. The molecule has 0 radical (unpaired) electrons. The Balaban J connectivity index is 2.11. The lowest BCUT2D eigenvalue weighted by Crippen LogP contribution is -2.33. The third-order valence-electron chi connectivity index (χ3n) is 2.52. The van der Waals surface area contributed by atoms with E-state index >= 15 is 0 Å². The van der Waals surface area contributed by atoms with E-state index in [2.05, 4.69) is 11.6 Å². The Morgan fingerprint density at radius 3 is 3.00 bits per heavy atom. The predicted molar refractivity (Wildman–Crippen MR) is 64.3 cm³/mol. The number of carbonyl (C=O) groups is 1. The molecule has 2 rings (SSSR count). The molecule has 16 heavy (non-hydrogen) atoms. The first-order chi connectivity index (χ1) is 7.76. The van der Waals surface area contributed by atoms with Crippen molar-refractivity contribution >= 4 is 17.2 Å². The van der Waals surface area contributed by atoms with Crippen molar-refractivity contribution in [3.8, 4) is 0 Å². The van der Waals surface area contributed by atoms with E-state index in [-0.39, 0.29) is 5.91 Å². The molecule has 5 heteroatoms. The van der Waals surface area contributed by atoms with Gasteiger partial charge in [0, 0.05) is 24.5 Å². The monoisotopic (exact) mass is 237 g/mol. The van der Waals surface area contributed by atoms with Crippen LogP contribution in [0.4, 0.5) is 0 Å². The SMILES string of the molecule is C=CCN(C(=O)c1csc(CN)n1)C1CC1. The van der Waals surface area contributed by atoms with E-state index in [1.54, 1.807) is 11.5 Å². The lowest BCUT2D eigenvalue weighted by Gasteiger charge is -2.19. The lowest BCUT2D eigenvalue weighted by atomic mass is 10.3. The van der Waals surface area contributed by atoms with Crippen LogP contribution in [0.15, 0.2) is 18.0 Å². The van der Waals surface area contributed by atoms with Crippen molar-refractivity contribution in [1.82, 2.24) is 9.88 Å². The van der Waals surface area contributed by atoms with Gasteiger partial charge in [0.2, 0.25) is 0 Å². The summed E-state index contributed by atoms with van der Waals surface area (Å²) >= 11 is 1.44. The average Bonchev–Trinajstić information content (AvgIpc) is 3.02. The summed E-state index contributed by atoms with van der Waals surface area (Å²) in [6, 6.07) is 0.383. The van der Waals surface area contributed by atoms with Crippen LogP contribution in [0.3, 0.4) is 0 Å². The van der Waals surface area contributed by atoms with Gasteiger partial charge in [-0.1, -0.05) is 6.08 Å². The molecule has 1 aliphatic rings. The van der Waals surface area contributed by atoms with Gasteiger partial charge in [0.05, 0.1) is 0 Å². The fourth-order valence-electron chi connectivity index (χ4n) is 1.57. The summed E-state index contributed by atoms with van der Waals surface area (Å²) in [5, 5.41) is 2.58. The summed E-state index contributed by atoms with van der Waals surface area (Å²) in [7, 11) is 0. The van der Waals surface area contributed by atoms with Gasteiger partial charge >= 0.3 is 0 Å². The van der Waals surface area contributed by atoms with Crippen LogP contribution in [0.1, 0.15) is 28.3 Å². The molecule has 0 saturated heterocycles. The van der Waals surface area contributed by atoms with Gasteiger partial charge in [0.1, 0.15) is 10.7 Å². The van der Waals surface area contributed by atoms with Crippen molar-refractivity contribution in [1.29, 1.82) is 0 Å². The Labute approximate surface area is 98.8 Å². The normalized spacial score (nSPS) is 14.8. The van der Waals surface area contributed by atoms with Crippen LogP contribution < -0.4 is 5.73 Å². The molecule has 0 unspecified atom stereocenters. The Morgan fingerprint density at radius 1 is 1.75 bits per heavy atom. The highest BCUT2D eigenvalue weighted by atomic mass is 32.1. The first-order valence-corrected chi connectivity index (χ1v) is 6.20. The second-order valence-electron chi connectivity index (χ2n) is 3.81. The number of nitrogens with zero attached hydrogens (tertiary/aromatic N) is 2. The van der Waals surface area contributed by atoms with Gasteiger partial charge in [-0.25, -0.2) is 4.98 Å². The van der Waals surface area contributed by atoms with Gasteiger partial charge in [-0.3, -0.25) is 4.79 Å². The van der Waals surface area contributed by atoms with Gasteiger partial charge in [-0.2, -0.15) is 0 Å². The lowest BCUT2D eigenvalue weighted by molar-refractivity contribution is 0.0757. The Kier molecular flexibility index (Phi) is 3.36. The third kappa shape index (κ3) is 2.31. The molecule has 86 valence electrons. The number of aromatic nitrogens is 1. The van der Waals surface area contributed by atoms with Crippen LogP contribution in [0, 0.1) is 0 Å². The maximum atomic E-state index is 12.1. The average molecular weight is 237 g/mol. The number of carbonyl (C=O) groups excluding carboxylic acids is 1. The minimum atomic E-state index is -0.00153. The highest BCUT2D eigenvalue weighted by Gasteiger charge is 2.32. The highest BCUT2D eigenvalue weighted by molar-refractivity contribution is 7.09. The van der Waals surface area contributed by atoms with E-state index in [4.69, 9.17) is 5.73 Å². The molecule has 1 aliphatic carbocycles. The van der Waals surface area contributed by atoms with E-state index in [0.717, 1.165) is 17.8 Å². The van der Waals surface area contributed by atoms with Crippen molar-refractivity contribution < 1.29 is 4.79 Å². The molecule has 1 aromatic heterocycles. The van der Waals surface area contributed by atoms with Crippen LogP contribution in [-0.2, 0) is 6.54 Å². The third-order valence-corrected chi connectivity index (χ3v) is 3.39. The number of nitrogens with two attached hydrogens (primary N) is 1. The van der Waals surface area contributed by atoms with Crippen LogP contribution in [0.5, 0.6) is 0 Å². The molecule has 0 aliphatic heterocycles. The molecule has 0 atom stereocenters. The standard InChI is InChI=1S/C11H15N3OS/c1-2-5-14(8-3-4-8)11(15)9-7-16-10(6-12)13-9/h2,7-8H,1,3-6,12H2. The minimum absolute atomic E-state index is 0.00153. The largest absolute Gasteiger partial charge is 0.331 e. The van der Waals surface area contributed by atoms with E-state index in [1.807, 2.05) is 4.90 Å². The van der Waals surface area contributed by atoms with Gasteiger partial charge in [0.15, 0.2) is 0 Å². The smallest absolute Gasteiger partial charge is 0.273 e. The zero-order chi connectivity index (χ0) is 11.5. The summed E-state index contributed by atoms with van der Waals surface area (Å²) in [6.45, 7) is 4.66. The molecular formula is C11H15N3OS. The van der Waals surface area contributed by atoms with Crippen molar-refractivity contribution in [3.63, 3.8) is 0 Å². The molecule has 0 spiro atoms. The highest BCUT2D eigenvalue weighted by Crippen LogP contribution is 2.28. The first-order valence-electron chi connectivity index (χ1n) is 5.32. The number of hydrogen-bond donors (Lipinski definition) is 1. The molecule has 2 N–H and O–H groups in total. The summed E-state index contributed by atoms with van der Waals surface area (Å²) in [5.74, 6) is -0.00153. The number of rotatable bonds is 5. The van der Waals surface area contributed by atoms with E-state index in [1.165, 1.54) is 11.3 Å². The molecule has 1 fully saturated rings. The first kappa shape index (κ1) is 11.3. The van der Waals surface area contributed by atoms with E-state index in [0.29, 0.717) is 24.8 Å². The fraction of sp³-hybridized carbons (Fsp3) is 0.455. The van der Waals surface area contributed by atoms with Gasteiger partial charge in [0.25, 0.3) is 5.91 Å². The molecular weight excluding hydrogens is 222 g/mol. The van der Waals surface area contributed by atoms with Gasteiger partial charge in [-0.15, -0.1) is 17.9 Å². The topological polar surface area (TPSA) is 59.2 Å². The van der Waals surface area contributed by atoms with Crippen LogP contribution >= 0.6 is 11.3 Å². The van der Waals surface area contributed by atoms with Crippen LogP contribution in [-0.4, -0.2) is 28.4 Å². The molecule has 1 saturated carbocycles. The molecule has 1 aromatic rings. The number of hydrogen-bond acceptors (Lipinski definition) is 4. The summed E-state index contributed by atoms with van der Waals surface area (Å²) in [5.41, 5.74) is 5.99. The fourth-order valence-corrected chi connectivity index (χ4v) is 2.22. The van der Waals surface area contributed by atoms with Crippen molar-refractivity contribution in [2.45, 2.75) is 25.4 Å². The van der Waals surface area contributed by atoms with Crippen molar-refractivity contribution in [2.75, 3.05) is 6.54 Å². The second kappa shape index (κ2) is 4.76. The van der Waals surface area contributed by atoms with E-state index in [9.17, 15) is 4.79 Å². The molecule has 0 bridgehead atoms. The second-order valence-corrected chi connectivity index (χ2v) is 4.75. The number of amides is 1. The maximum Gasteiger partial charge on any atom is 0.273 e. The van der Waals surface area contributed by atoms with Crippen molar-refractivity contribution in [2.24, 2.45) is 5.73 Å². The maximum absolute atomic E-state index is 12.1. The Morgan fingerprint density at radius 2 is 2.50 bits per heavy atom. The Hall–Kier alpha value is -1.20. The van der Waals surface area contributed by atoms with Crippen molar-refractivity contribution in [3.05, 3.63) is 28.7 Å². The van der Waals surface area contributed by atoms with Crippen LogP contribution in [0.25, 0.3) is 0 Å². The zero-order valence-corrected chi connectivity index (χ0v) is 9.87. The van der Waals surface area contributed by atoms with Gasteiger partial charge < -0.3 is 10.6 Å². The summed E-state index contributed by atoms with van der Waals surface area (Å²) < 4.78 is 0. The van der Waals surface area contributed by atoms with Crippen LogP contribution in [0.2, 0.25) is 0 Å². The summed E-state index contributed by atoms with van der Waals surface area (Å²) in [6.07, 6.45) is 3.94. The number of thiazole rings is 1. The predicted octanol–water partition coefficient (Wildman–Crippen LogP) is 1.39. The zero-order valence-electron chi connectivity index (χ0n) is 9.06.